The highest BCUT2D eigenvalue weighted by atomic mass is 16.5. The Bertz CT molecular complexity index is 936. The van der Waals surface area contributed by atoms with Gasteiger partial charge in [-0.25, -0.2) is 0 Å². The molecule has 4 aliphatic carbocycles. The second-order valence-corrected chi connectivity index (χ2v) is 12.4. The maximum Gasteiger partial charge on any atom is 0.314 e. The Morgan fingerprint density at radius 3 is 2.57 bits per heavy atom. The average molecular weight is 485 g/mol. The molecule has 5 heteroatoms. The molecule has 0 amide bonds. The van der Waals surface area contributed by atoms with Crippen LogP contribution in [-0.2, 0) is 9.53 Å². The van der Waals surface area contributed by atoms with E-state index in [1.54, 1.807) is 13.8 Å². The molecule has 0 heterocycles. The molecule has 0 aromatic rings. The lowest BCUT2D eigenvalue weighted by Gasteiger charge is -2.45. The third kappa shape index (κ3) is 4.84. The standard InChI is InChI=1S/C30H44O5/c1-19-21(17-22(31)18-24(19)32)9-8-20-7-6-13-29(4)23(20)10-11-25(29)30(15-16-30)14-12-26(33)28(2,3)27(34)35-5/h8-9,12,14,22-26,31-33H,1,6-7,10-11,13,15-18H2,2-5H3/b14-12+,20-8+,21-9-/t22-,23+,24+,25+,26-,29+/m1/s1. The molecular weight excluding hydrogens is 440 g/mol. The summed E-state index contributed by atoms with van der Waals surface area (Å²) in [7, 11) is 1.36. The number of methoxy groups -OCH3 is 1. The first-order valence-electron chi connectivity index (χ1n) is 13.4. The molecule has 0 aliphatic heterocycles. The Kier molecular flexibility index (Phi) is 7.27. The van der Waals surface area contributed by atoms with Gasteiger partial charge in [-0.15, -0.1) is 0 Å². The van der Waals surface area contributed by atoms with Crippen molar-refractivity contribution in [2.75, 3.05) is 7.11 Å². The molecule has 3 N–H and O–H groups in total. The lowest BCUT2D eigenvalue weighted by molar-refractivity contribution is -0.155. The zero-order valence-electron chi connectivity index (χ0n) is 21.9. The van der Waals surface area contributed by atoms with E-state index in [1.807, 2.05) is 6.08 Å². The minimum atomic E-state index is -0.970. The molecule has 0 saturated heterocycles. The summed E-state index contributed by atoms with van der Waals surface area (Å²) < 4.78 is 4.89. The van der Waals surface area contributed by atoms with E-state index >= 15 is 0 Å². The lowest BCUT2D eigenvalue weighted by atomic mass is 9.60. The molecule has 0 unspecified atom stereocenters. The molecule has 5 nitrogen and oxygen atoms in total. The van der Waals surface area contributed by atoms with Gasteiger partial charge in [0.2, 0.25) is 0 Å². The summed E-state index contributed by atoms with van der Waals surface area (Å²) in [4.78, 5) is 12.1. The highest BCUT2D eigenvalue weighted by Crippen LogP contribution is 2.69. The molecule has 4 saturated carbocycles. The van der Waals surface area contributed by atoms with Gasteiger partial charge in [-0.05, 0) is 99.0 Å². The Morgan fingerprint density at radius 2 is 1.91 bits per heavy atom. The molecule has 35 heavy (non-hydrogen) atoms. The average Bonchev–Trinajstić information content (AvgIpc) is 3.51. The first-order valence-corrected chi connectivity index (χ1v) is 13.4. The number of carbonyl (C=O) groups is 1. The van der Waals surface area contributed by atoms with Gasteiger partial charge in [-0.2, -0.15) is 0 Å². The predicted molar refractivity (Wildman–Crippen MR) is 137 cm³/mol. The van der Waals surface area contributed by atoms with E-state index in [4.69, 9.17) is 4.74 Å². The van der Waals surface area contributed by atoms with E-state index in [2.05, 4.69) is 31.7 Å². The van der Waals surface area contributed by atoms with Crippen molar-refractivity contribution in [3.8, 4) is 0 Å². The van der Waals surface area contributed by atoms with Gasteiger partial charge < -0.3 is 20.1 Å². The fourth-order valence-corrected chi connectivity index (χ4v) is 7.33. The van der Waals surface area contributed by atoms with Crippen LogP contribution in [0.25, 0.3) is 0 Å². The van der Waals surface area contributed by atoms with Gasteiger partial charge in [0, 0.05) is 6.42 Å². The van der Waals surface area contributed by atoms with Gasteiger partial charge in [0.15, 0.2) is 0 Å². The minimum absolute atomic E-state index is 0.115. The van der Waals surface area contributed by atoms with Crippen molar-refractivity contribution in [3.63, 3.8) is 0 Å². The second-order valence-electron chi connectivity index (χ2n) is 12.4. The van der Waals surface area contributed by atoms with Gasteiger partial charge in [0.05, 0.1) is 30.8 Å². The number of hydrogen-bond acceptors (Lipinski definition) is 5. The largest absolute Gasteiger partial charge is 0.469 e. The first-order chi connectivity index (χ1) is 16.4. The van der Waals surface area contributed by atoms with Crippen LogP contribution < -0.4 is 0 Å². The Morgan fingerprint density at radius 1 is 1.20 bits per heavy atom. The van der Waals surface area contributed by atoms with Crippen LogP contribution in [0.5, 0.6) is 0 Å². The van der Waals surface area contributed by atoms with Crippen LogP contribution in [0, 0.1) is 28.1 Å². The summed E-state index contributed by atoms with van der Waals surface area (Å²) in [5.41, 5.74) is 2.56. The number of aliphatic hydroxyl groups excluding tert-OH is 3. The van der Waals surface area contributed by atoms with E-state index in [-0.39, 0.29) is 10.8 Å². The molecule has 0 aromatic carbocycles. The first kappa shape index (κ1) is 26.4. The number of ether oxygens (including phenoxy) is 1. The van der Waals surface area contributed by atoms with Gasteiger partial charge in [-0.1, -0.05) is 43.4 Å². The molecule has 0 radical (unpaired) electrons. The molecule has 194 valence electrons. The van der Waals surface area contributed by atoms with Crippen LogP contribution in [0.1, 0.15) is 78.6 Å². The predicted octanol–water partition coefficient (Wildman–Crippen LogP) is 5.02. The van der Waals surface area contributed by atoms with Crippen molar-refractivity contribution in [2.24, 2.45) is 28.1 Å². The zero-order chi connectivity index (χ0) is 25.6. The highest BCUT2D eigenvalue weighted by Gasteiger charge is 2.60. The van der Waals surface area contributed by atoms with Crippen molar-refractivity contribution in [2.45, 2.75) is 96.9 Å². The third-order valence-electron chi connectivity index (χ3n) is 9.81. The van der Waals surface area contributed by atoms with Gasteiger partial charge >= 0.3 is 5.97 Å². The Hall–Kier alpha value is -1.69. The van der Waals surface area contributed by atoms with Crippen LogP contribution in [-0.4, -0.2) is 46.7 Å². The maximum atomic E-state index is 12.1. The highest BCUT2D eigenvalue weighted by molar-refractivity contribution is 5.76. The molecule has 6 atom stereocenters. The van der Waals surface area contributed by atoms with E-state index < -0.39 is 29.7 Å². The number of carbonyl (C=O) groups excluding carboxylic acids is 1. The summed E-state index contributed by atoms with van der Waals surface area (Å²) in [6, 6.07) is 0. The summed E-state index contributed by atoms with van der Waals surface area (Å²) in [5, 5.41) is 31.0. The zero-order valence-corrected chi connectivity index (χ0v) is 21.9. The van der Waals surface area contributed by atoms with Crippen molar-refractivity contribution in [3.05, 3.63) is 47.6 Å². The molecule has 4 fully saturated rings. The quantitative estimate of drug-likeness (QED) is 0.364. The molecule has 4 rings (SSSR count). The molecular formula is C30H44O5. The van der Waals surface area contributed by atoms with Crippen LogP contribution in [0.2, 0.25) is 0 Å². The van der Waals surface area contributed by atoms with Crippen molar-refractivity contribution in [1.29, 1.82) is 0 Å². The summed E-state index contributed by atoms with van der Waals surface area (Å²) >= 11 is 0. The van der Waals surface area contributed by atoms with Gasteiger partial charge in [0.1, 0.15) is 0 Å². The van der Waals surface area contributed by atoms with Crippen LogP contribution in [0.3, 0.4) is 0 Å². The Balaban J connectivity index is 1.52. The monoisotopic (exact) mass is 484 g/mol. The minimum Gasteiger partial charge on any atom is -0.469 e. The van der Waals surface area contributed by atoms with E-state index in [0.717, 1.165) is 30.4 Å². The molecule has 0 bridgehead atoms. The molecule has 4 aliphatic rings. The number of aliphatic hydroxyl groups is 3. The third-order valence-corrected chi connectivity index (χ3v) is 9.81. The molecule has 0 spiro atoms. The number of hydrogen-bond donors (Lipinski definition) is 3. The summed E-state index contributed by atoms with van der Waals surface area (Å²) in [5.74, 6) is 0.700. The fourth-order valence-electron chi connectivity index (χ4n) is 7.33. The van der Waals surface area contributed by atoms with Crippen LogP contribution in [0.4, 0.5) is 0 Å². The summed E-state index contributed by atoms with van der Waals surface area (Å²) in [6.07, 6.45) is 15.4. The topological polar surface area (TPSA) is 87.0 Å². The van der Waals surface area contributed by atoms with Crippen LogP contribution >= 0.6 is 0 Å². The van der Waals surface area contributed by atoms with E-state index in [0.29, 0.717) is 24.7 Å². The van der Waals surface area contributed by atoms with Crippen molar-refractivity contribution >= 4 is 5.97 Å². The van der Waals surface area contributed by atoms with Crippen LogP contribution in [0.15, 0.2) is 47.6 Å². The normalized spacial score (nSPS) is 38.1. The number of fused-ring (bicyclic) bond motifs is 1. The van der Waals surface area contributed by atoms with E-state index in [1.165, 1.54) is 38.4 Å². The Labute approximate surface area is 210 Å². The van der Waals surface area contributed by atoms with Crippen molar-refractivity contribution in [1.82, 2.24) is 0 Å². The number of allylic oxidation sites excluding steroid dienone is 4. The van der Waals surface area contributed by atoms with Crippen molar-refractivity contribution < 1.29 is 24.9 Å². The lowest BCUT2D eigenvalue weighted by Crippen LogP contribution is -2.38. The second kappa shape index (κ2) is 9.64. The number of rotatable bonds is 6. The summed E-state index contributed by atoms with van der Waals surface area (Å²) in [6.45, 7) is 9.98. The van der Waals surface area contributed by atoms with Gasteiger partial charge in [-0.3, -0.25) is 4.79 Å². The van der Waals surface area contributed by atoms with Gasteiger partial charge in [0.25, 0.3) is 0 Å². The van der Waals surface area contributed by atoms with E-state index in [9.17, 15) is 20.1 Å². The smallest absolute Gasteiger partial charge is 0.314 e. The fraction of sp³-hybridized carbons (Fsp3) is 0.700. The SMILES string of the molecule is C=C1/C(=C\C=C2/CCC[C@]3(C)[C@@H](C4(/C=C/[C@@H](O)C(C)(C)C(=O)OC)CC4)CC[C@@H]23)C[C@@H](O)C[C@@H]1O. The maximum absolute atomic E-state index is 12.1. The number of esters is 1. The molecule has 0 aromatic heterocycles.